The molecule has 5 heteroatoms. The Labute approximate surface area is 182 Å². The van der Waals surface area contributed by atoms with Gasteiger partial charge in [-0.05, 0) is 62.1 Å². The molecule has 0 fully saturated rings. The average molecular weight is 424 g/mol. The minimum Gasteiger partial charge on any atom is -0.462 e. The molecule has 1 unspecified atom stereocenters. The number of ether oxygens (including phenoxy) is 1. The Morgan fingerprint density at radius 3 is 2.70 bits per heavy atom. The van der Waals surface area contributed by atoms with E-state index in [1.54, 1.807) is 18.7 Å². The van der Waals surface area contributed by atoms with Gasteiger partial charge in [-0.25, -0.2) is 4.79 Å². The lowest BCUT2D eigenvalue weighted by Gasteiger charge is -2.11. The number of carbonyl (C=O) groups excluding carboxylic acids is 1. The molecule has 0 N–H and O–H groups in total. The van der Waals surface area contributed by atoms with Crippen LogP contribution in [0.4, 0.5) is 0 Å². The molecule has 0 aliphatic carbocycles. The van der Waals surface area contributed by atoms with E-state index in [0.29, 0.717) is 12.2 Å². The number of carbonyl (C=O) groups is 1. The smallest absolute Gasteiger partial charge is 0.333 e. The second kappa shape index (κ2) is 9.98. The second-order valence-electron chi connectivity index (χ2n) is 7.61. The molecule has 0 spiro atoms. The Balaban J connectivity index is 1.71. The van der Waals surface area contributed by atoms with Gasteiger partial charge in [0, 0.05) is 32.9 Å². The Bertz CT molecular complexity index is 1050. The second-order valence-corrected chi connectivity index (χ2v) is 8.70. The van der Waals surface area contributed by atoms with Crippen LogP contribution in [0.15, 0.2) is 57.9 Å². The van der Waals surface area contributed by atoms with Gasteiger partial charge in [-0.15, -0.1) is 11.8 Å². The normalized spacial score (nSPS) is 12.1. The first-order chi connectivity index (χ1) is 14.4. The molecule has 3 aromatic rings. The highest BCUT2D eigenvalue weighted by atomic mass is 32.2. The number of fused-ring (bicyclic) bond motifs is 1. The first-order valence-corrected chi connectivity index (χ1v) is 11.4. The van der Waals surface area contributed by atoms with Crippen molar-refractivity contribution in [3.63, 3.8) is 0 Å². The molecule has 2 heterocycles. The lowest BCUT2D eigenvalue weighted by Crippen LogP contribution is -2.13. The lowest BCUT2D eigenvalue weighted by atomic mass is 10.1. The molecule has 30 heavy (non-hydrogen) atoms. The first-order valence-electron chi connectivity index (χ1n) is 10.4. The summed E-state index contributed by atoms with van der Waals surface area (Å²) >= 11 is 1.74. The number of aromatic nitrogens is 1. The van der Waals surface area contributed by atoms with E-state index in [-0.39, 0.29) is 11.9 Å². The minimum absolute atomic E-state index is 0.247. The van der Waals surface area contributed by atoms with Crippen LogP contribution in [0, 0.1) is 5.92 Å². The minimum atomic E-state index is -0.329. The highest BCUT2D eigenvalue weighted by molar-refractivity contribution is 7.99. The van der Waals surface area contributed by atoms with Crippen molar-refractivity contribution in [1.82, 2.24) is 4.98 Å². The number of nitrogens with zero attached hydrogens (tertiary/aromatic N) is 1. The molecule has 4 nitrogen and oxygen atoms in total. The molecular formula is C25H29NO3S. The number of aryl methyl sites for hydroxylation is 2. The molecule has 0 aliphatic rings. The summed E-state index contributed by atoms with van der Waals surface area (Å²) in [6.45, 7) is 12.0. The van der Waals surface area contributed by atoms with Crippen molar-refractivity contribution in [2.45, 2.75) is 45.4 Å². The van der Waals surface area contributed by atoms with Gasteiger partial charge in [0.15, 0.2) is 0 Å². The van der Waals surface area contributed by atoms with E-state index < -0.39 is 0 Å². The summed E-state index contributed by atoms with van der Waals surface area (Å²) in [5.74, 6) is 1.63. The van der Waals surface area contributed by atoms with Gasteiger partial charge < -0.3 is 9.15 Å². The third-order valence-electron chi connectivity index (χ3n) is 4.87. The monoisotopic (exact) mass is 423 g/mol. The molecule has 0 aliphatic heterocycles. The van der Waals surface area contributed by atoms with Crippen LogP contribution < -0.4 is 0 Å². The molecule has 0 radical (unpaired) electrons. The summed E-state index contributed by atoms with van der Waals surface area (Å²) in [6, 6.07) is 12.6. The highest BCUT2D eigenvalue weighted by Crippen LogP contribution is 2.33. The lowest BCUT2D eigenvalue weighted by molar-refractivity contribution is -0.139. The average Bonchev–Trinajstić information content (AvgIpc) is 3.18. The third kappa shape index (κ3) is 5.33. The maximum absolute atomic E-state index is 11.5. The van der Waals surface area contributed by atoms with E-state index in [0.717, 1.165) is 57.2 Å². The molecule has 0 amide bonds. The Morgan fingerprint density at radius 2 is 2.00 bits per heavy atom. The van der Waals surface area contributed by atoms with E-state index in [1.165, 1.54) is 0 Å². The van der Waals surface area contributed by atoms with Gasteiger partial charge in [0.25, 0.3) is 0 Å². The van der Waals surface area contributed by atoms with Crippen LogP contribution in [-0.4, -0.2) is 23.3 Å². The maximum Gasteiger partial charge on any atom is 0.333 e. The highest BCUT2D eigenvalue weighted by Gasteiger charge is 2.13. The topological polar surface area (TPSA) is 52.3 Å². The van der Waals surface area contributed by atoms with Crippen molar-refractivity contribution in [1.29, 1.82) is 0 Å². The summed E-state index contributed by atoms with van der Waals surface area (Å²) in [7, 11) is 0. The zero-order valence-corrected chi connectivity index (χ0v) is 19.0. The number of thioether (sulfide) groups is 1. The Hall–Kier alpha value is -2.53. The summed E-state index contributed by atoms with van der Waals surface area (Å²) in [5.41, 5.74) is 4.54. The molecule has 0 saturated carbocycles. The molecular weight excluding hydrogens is 394 g/mol. The van der Waals surface area contributed by atoms with E-state index in [9.17, 15) is 4.79 Å². The van der Waals surface area contributed by atoms with Crippen LogP contribution in [-0.2, 0) is 22.4 Å². The van der Waals surface area contributed by atoms with Gasteiger partial charge in [-0.1, -0.05) is 27.4 Å². The van der Waals surface area contributed by atoms with Gasteiger partial charge >= 0.3 is 5.97 Å². The number of esters is 1. The van der Waals surface area contributed by atoms with Gasteiger partial charge in [0.2, 0.25) is 0 Å². The fourth-order valence-corrected chi connectivity index (χ4v) is 4.03. The van der Waals surface area contributed by atoms with Crippen molar-refractivity contribution in [3.05, 3.63) is 59.9 Å². The number of hydrogen-bond donors (Lipinski definition) is 0. The fraction of sp³-hybridized carbons (Fsp3) is 0.360. The van der Waals surface area contributed by atoms with Crippen LogP contribution in [0.5, 0.6) is 0 Å². The zero-order valence-electron chi connectivity index (χ0n) is 18.2. The predicted molar refractivity (Wildman–Crippen MR) is 124 cm³/mol. The summed E-state index contributed by atoms with van der Waals surface area (Å²) in [6.07, 6.45) is 1.80. The molecule has 1 atom stereocenters. The SMILES string of the molecule is C=C(C)C(=O)OCC(C)CSc1ccc2cc(-c3ccc(CC)nc3CC)oc2c1. The summed E-state index contributed by atoms with van der Waals surface area (Å²) < 4.78 is 11.4. The number of hydrogen-bond acceptors (Lipinski definition) is 5. The van der Waals surface area contributed by atoms with Crippen molar-refractivity contribution in [2.75, 3.05) is 12.4 Å². The standard InChI is InChI=1S/C25H29NO3S/c1-6-19-9-11-21(22(7-2)26-19)24-12-18-8-10-20(13-23(18)29-24)30-15-17(5)14-28-25(27)16(3)4/h8-13,17H,3,6-7,14-15H2,1-2,4-5H3. The number of benzene rings is 1. The van der Waals surface area contributed by atoms with E-state index in [1.807, 2.05) is 0 Å². The fourth-order valence-electron chi connectivity index (χ4n) is 3.10. The van der Waals surface area contributed by atoms with E-state index in [4.69, 9.17) is 14.1 Å². The molecule has 3 rings (SSSR count). The molecule has 158 valence electrons. The molecule has 1 aromatic carbocycles. The quantitative estimate of drug-likeness (QED) is 0.224. The van der Waals surface area contributed by atoms with E-state index in [2.05, 4.69) is 63.7 Å². The van der Waals surface area contributed by atoms with Crippen LogP contribution in [0.1, 0.15) is 39.1 Å². The Morgan fingerprint density at radius 1 is 1.20 bits per heavy atom. The Kier molecular flexibility index (Phi) is 7.38. The van der Waals surface area contributed by atoms with Crippen LogP contribution in [0.2, 0.25) is 0 Å². The third-order valence-corrected chi connectivity index (χ3v) is 6.19. The van der Waals surface area contributed by atoms with Crippen molar-refractivity contribution >= 4 is 28.7 Å². The number of rotatable bonds is 9. The zero-order chi connectivity index (χ0) is 21.7. The maximum atomic E-state index is 11.5. The van der Waals surface area contributed by atoms with Gasteiger partial charge in [0.1, 0.15) is 11.3 Å². The summed E-state index contributed by atoms with van der Waals surface area (Å²) in [5, 5.41) is 1.08. The molecule has 0 bridgehead atoms. The van der Waals surface area contributed by atoms with Crippen LogP contribution in [0.25, 0.3) is 22.3 Å². The largest absolute Gasteiger partial charge is 0.462 e. The van der Waals surface area contributed by atoms with Crippen LogP contribution in [0.3, 0.4) is 0 Å². The van der Waals surface area contributed by atoms with Crippen LogP contribution >= 0.6 is 11.8 Å². The van der Waals surface area contributed by atoms with Gasteiger partial charge in [-0.3, -0.25) is 4.98 Å². The van der Waals surface area contributed by atoms with Gasteiger partial charge in [-0.2, -0.15) is 0 Å². The first kappa shape index (κ1) is 22.2. The predicted octanol–water partition coefficient (Wildman–Crippen LogP) is 6.47. The van der Waals surface area contributed by atoms with Gasteiger partial charge in [0.05, 0.1) is 12.3 Å². The molecule has 0 saturated heterocycles. The molecule has 2 aromatic heterocycles. The van der Waals surface area contributed by atoms with E-state index >= 15 is 0 Å². The summed E-state index contributed by atoms with van der Waals surface area (Å²) in [4.78, 5) is 17.4. The number of pyridine rings is 1. The van der Waals surface area contributed by atoms with Crippen molar-refractivity contribution in [2.24, 2.45) is 5.92 Å². The van der Waals surface area contributed by atoms with Crippen molar-refractivity contribution < 1.29 is 13.9 Å². The number of furan rings is 1. The van der Waals surface area contributed by atoms with Crippen molar-refractivity contribution in [3.8, 4) is 11.3 Å².